The van der Waals surface area contributed by atoms with E-state index in [0.717, 1.165) is 10.4 Å². The van der Waals surface area contributed by atoms with E-state index in [2.05, 4.69) is 10.3 Å². The Morgan fingerprint density at radius 2 is 2.32 bits per heavy atom. The molecular formula is C13H12ClFN2OS. The minimum atomic E-state index is -0.272. The lowest BCUT2D eigenvalue weighted by atomic mass is 10.1. The largest absolute Gasteiger partial charge is 0.350 e. The Hall–Kier alpha value is -1.46. The Kier molecular flexibility index (Phi) is 4.50. The molecule has 0 bridgehead atoms. The lowest BCUT2D eigenvalue weighted by molar-refractivity contribution is 0.0949. The number of aryl methyl sites for hydroxylation is 1. The summed E-state index contributed by atoms with van der Waals surface area (Å²) in [6.45, 7) is 2.22. The quantitative estimate of drug-likeness (QED) is 0.942. The van der Waals surface area contributed by atoms with Crippen molar-refractivity contribution in [2.45, 2.75) is 13.3 Å². The number of nitrogens with one attached hydrogen (secondary N) is 1. The van der Waals surface area contributed by atoms with E-state index in [1.165, 1.54) is 23.5 Å². The predicted octanol–water partition coefficient (Wildman–Crippen LogP) is 3.22. The van der Waals surface area contributed by atoms with E-state index in [4.69, 9.17) is 11.6 Å². The number of benzene rings is 1. The summed E-state index contributed by atoms with van der Waals surface area (Å²) < 4.78 is 13.3. The molecule has 1 aromatic carbocycles. The fourth-order valence-electron chi connectivity index (χ4n) is 1.67. The third-order valence-corrected chi connectivity index (χ3v) is 3.65. The Bertz CT molecular complexity index is 600. The smallest absolute Gasteiger partial charge is 0.271 e. The van der Waals surface area contributed by atoms with E-state index in [0.29, 0.717) is 23.1 Å². The highest BCUT2D eigenvalue weighted by Crippen LogP contribution is 2.21. The third kappa shape index (κ3) is 3.75. The Balaban J connectivity index is 1.89. The van der Waals surface area contributed by atoms with Crippen LogP contribution < -0.4 is 5.32 Å². The second kappa shape index (κ2) is 6.12. The predicted molar refractivity (Wildman–Crippen MR) is 74.3 cm³/mol. The lowest BCUT2D eigenvalue weighted by Crippen LogP contribution is -2.26. The number of halogens is 2. The highest BCUT2D eigenvalue weighted by molar-refractivity contribution is 7.15. The maximum Gasteiger partial charge on any atom is 0.271 e. The van der Waals surface area contributed by atoms with Crippen LogP contribution in [0.15, 0.2) is 24.3 Å². The van der Waals surface area contributed by atoms with Crippen molar-refractivity contribution in [2.24, 2.45) is 0 Å². The molecule has 2 rings (SSSR count). The van der Waals surface area contributed by atoms with Crippen LogP contribution in [0.3, 0.4) is 0 Å². The molecule has 0 atom stereocenters. The second-order valence-electron chi connectivity index (χ2n) is 4.01. The maximum absolute atomic E-state index is 13.0. The molecule has 0 unspecified atom stereocenters. The molecule has 6 heteroatoms. The van der Waals surface area contributed by atoms with Crippen molar-refractivity contribution >= 4 is 28.8 Å². The number of amides is 1. The molecular weight excluding hydrogens is 287 g/mol. The normalized spacial score (nSPS) is 10.5. The zero-order chi connectivity index (χ0) is 13.8. The van der Waals surface area contributed by atoms with Crippen molar-refractivity contribution in [2.75, 3.05) is 6.54 Å². The Morgan fingerprint density at radius 1 is 1.53 bits per heavy atom. The van der Waals surface area contributed by atoms with Gasteiger partial charge in [-0.1, -0.05) is 23.7 Å². The molecule has 1 amide bonds. The molecule has 0 saturated carbocycles. The first-order valence-corrected chi connectivity index (χ1v) is 6.91. The average Bonchev–Trinajstić information content (AvgIpc) is 2.68. The number of aromatic nitrogens is 1. The fourth-order valence-corrected chi connectivity index (χ4v) is 2.73. The molecule has 2 aromatic rings. The Labute approximate surface area is 119 Å². The van der Waals surface area contributed by atoms with Gasteiger partial charge < -0.3 is 5.32 Å². The van der Waals surface area contributed by atoms with Crippen LogP contribution in [0.2, 0.25) is 4.47 Å². The summed E-state index contributed by atoms with van der Waals surface area (Å²) in [4.78, 5) is 16.6. The van der Waals surface area contributed by atoms with E-state index >= 15 is 0 Å². The number of carbonyl (C=O) groups excluding carboxylic acids is 1. The van der Waals surface area contributed by atoms with Crippen LogP contribution in [0, 0.1) is 12.7 Å². The van der Waals surface area contributed by atoms with E-state index in [-0.39, 0.29) is 11.7 Å². The molecule has 0 aliphatic carbocycles. The number of hydrogen-bond donors (Lipinski definition) is 1. The van der Waals surface area contributed by atoms with Crippen LogP contribution >= 0.6 is 22.9 Å². The van der Waals surface area contributed by atoms with Crippen LogP contribution in [0.25, 0.3) is 0 Å². The SMILES string of the molecule is Cc1sc(Cl)nc1C(=O)NCCc1cccc(F)c1. The van der Waals surface area contributed by atoms with Crippen molar-refractivity contribution in [3.05, 3.63) is 50.7 Å². The van der Waals surface area contributed by atoms with Crippen LogP contribution in [-0.2, 0) is 6.42 Å². The molecule has 1 N–H and O–H groups in total. The molecule has 0 aliphatic rings. The average molecular weight is 299 g/mol. The van der Waals surface area contributed by atoms with Crippen LogP contribution in [0.1, 0.15) is 20.9 Å². The van der Waals surface area contributed by atoms with Crippen LogP contribution in [-0.4, -0.2) is 17.4 Å². The van der Waals surface area contributed by atoms with Gasteiger partial charge in [-0.05, 0) is 31.0 Å². The monoisotopic (exact) mass is 298 g/mol. The molecule has 1 heterocycles. The summed E-state index contributed by atoms with van der Waals surface area (Å²) in [7, 11) is 0. The van der Waals surface area contributed by atoms with Crippen LogP contribution in [0.5, 0.6) is 0 Å². The molecule has 0 radical (unpaired) electrons. The number of carbonyl (C=O) groups is 1. The summed E-state index contributed by atoms with van der Waals surface area (Å²) in [6, 6.07) is 6.32. The molecule has 3 nitrogen and oxygen atoms in total. The van der Waals surface area contributed by atoms with E-state index in [9.17, 15) is 9.18 Å². The first kappa shape index (κ1) is 14.0. The van der Waals surface area contributed by atoms with E-state index in [1.54, 1.807) is 13.0 Å². The number of hydrogen-bond acceptors (Lipinski definition) is 3. The molecule has 0 aliphatic heterocycles. The maximum atomic E-state index is 13.0. The van der Waals surface area contributed by atoms with E-state index < -0.39 is 0 Å². The van der Waals surface area contributed by atoms with Crippen molar-refractivity contribution in [3.63, 3.8) is 0 Å². The van der Waals surface area contributed by atoms with Crippen molar-refractivity contribution < 1.29 is 9.18 Å². The molecule has 19 heavy (non-hydrogen) atoms. The van der Waals surface area contributed by atoms with Gasteiger partial charge in [-0.25, -0.2) is 9.37 Å². The third-order valence-electron chi connectivity index (χ3n) is 2.57. The highest BCUT2D eigenvalue weighted by atomic mass is 35.5. The summed E-state index contributed by atoms with van der Waals surface area (Å²) >= 11 is 7.02. The zero-order valence-electron chi connectivity index (χ0n) is 10.2. The lowest BCUT2D eigenvalue weighted by Gasteiger charge is -2.04. The number of rotatable bonds is 4. The van der Waals surface area contributed by atoms with Gasteiger partial charge in [0.15, 0.2) is 4.47 Å². The van der Waals surface area contributed by atoms with Gasteiger partial charge in [-0.15, -0.1) is 11.3 Å². The van der Waals surface area contributed by atoms with Gasteiger partial charge >= 0.3 is 0 Å². The summed E-state index contributed by atoms with van der Waals surface area (Å²) in [5.41, 5.74) is 1.20. The van der Waals surface area contributed by atoms with Crippen LogP contribution in [0.4, 0.5) is 4.39 Å². The zero-order valence-corrected chi connectivity index (χ0v) is 11.8. The van der Waals surface area contributed by atoms with Crippen molar-refractivity contribution in [1.29, 1.82) is 0 Å². The minimum absolute atomic E-state index is 0.253. The summed E-state index contributed by atoms with van der Waals surface area (Å²) in [6.07, 6.45) is 0.570. The van der Waals surface area contributed by atoms with Gasteiger partial charge in [0.2, 0.25) is 0 Å². The summed E-state index contributed by atoms with van der Waals surface area (Å²) in [5, 5.41) is 2.75. The van der Waals surface area contributed by atoms with Gasteiger partial charge in [0, 0.05) is 11.4 Å². The molecule has 1 aromatic heterocycles. The topological polar surface area (TPSA) is 42.0 Å². The van der Waals surface area contributed by atoms with Gasteiger partial charge in [0.25, 0.3) is 5.91 Å². The number of nitrogens with zero attached hydrogens (tertiary/aromatic N) is 1. The molecule has 0 saturated heterocycles. The van der Waals surface area contributed by atoms with Gasteiger partial charge in [0.05, 0.1) is 0 Å². The Morgan fingerprint density at radius 3 is 2.95 bits per heavy atom. The molecule has 0 spiro atoms. The van der Waals surface area contributed by atoms with Gasteiger partial charge in [0.1, 0.15) is 11.5 Å². The fraction of sp³-hybridized carbons (Fsp3) is 0.231. The second-order valence-corrected chi connectivity index (χ2v) is 5.79. The standard InChI is InChI=1S/C13H12ClFN2OS/c1-8-11(17-13(14)19-8)12(18)16-6-5-9-3-2-4-10(15)7-9/h2-4,7H,5-6H2,1H3,(H,16,18). The number of thiazole rings is 1. The first-order chi connectivity index (χ1) is 9.06. The first-order valence-electron chi connectivity index (χ1n) is 5.72. The molecule has 0 fully saturated rings. The highest BCUT2D eigenvalue weighted by Gasteiger charge is 2.13. The van der Waals surface area contributed by atoms with E-state index in [1.807, 2.05) is 6.07 Å². The molecule has 100 valence electrons. The van der Waals surface area contributed by atoms with Crippen molar-refractivity contribution in [1.82, 2.24) is 10.3 Å². The van der Waals surface area contributed by atoms with Gasteiger partial charge in [-0.3, -0.25) is 4.79 Å². The summed E-state index contributed by atoms with van der Waals surface area (Å²) in [5.74, 6) is -0.525. The van der Waals surface area contributed by atoms with Crippen molar-refractivity contribution in [3.8, 4) is 0 Å². The van der Waals surface area contributed by atoms with Gasteiger partial charge in [-0.2, -0.15) is 0 Å². The minimum Gasteiger partial charge on any atom is -0.350 e.